The van der Waals surface area contributed by atoms with Gasteiger partial charge in [-0.1, -0.05) is 25.6 Å². The van der Waals surface area contributed by atoms with Crippen molar-refractivity contribution < 1.29 is 23.6 Å². The molecule has 0 fully saturated rings. The predicted octanol–water partition coefficient (Wildman–Crippen LogP) is -1.17. The first-order chi connectivity index (χ1) is 7.06. The molecular weight excluding hydrogens is 219 g/mol. The fourth-order valence-corrected chi connectivity index (χ4v) is 1.33. The number of aromatic nitrogens is 2. The summed E-state index contributed by atoms with van der Waals surface area (Å²) >= 11 is 5.00. The summed E-state index contributed by atoms with van der Waals surface area (Å²) in [5, 5.41) is 0. The van der Waals surface area contributed by atoms with Gasteiger partial charge in [0.25, 0.3) is 0 Å². The monoisotopic (exact) mass is 234 g/mol. The van der Waals surface area contributed by atoms with Gasteiger partial charge in [-0.25, -0.2) is 0 Å². The molecule has 1 N–H and O–H groups in total. The second-order valence-electron chi connectivity index (χ2n) is 3.49. The summed E-state index contributed by atoms with van der Waals surface area (Å²) in [6.07, 6.45) is 2.96. The van der Waals surface area contributed by atoms with Crippen LogP contribution in [0.25, 0.3) is 0 Å². The number of nitrogens with one attached hydrogen (secondary N) is 1. The molecule has 0 bridgehead atoms. The molecule has 4 nitrogen and oxygen atoms in total. The maximum absolute atomic E-state index is 11.5. The van der Waals surface area contributed by atoms with E-state index in [1.807, 2.05) is 20.8 Å². The van der Waals surface area contributed by atoms with Crippen molar-refractivity contribution in [3.05, 3.63) is 26.9 Å². The first-order valence-corrected chi connectivity index (χ1v) is 5.31. The summed E-state index contributed by atoms with van der Waals surface area (Å²) in [4.78, 5) is 14.1. The molecule has 0 atom stereocenters. The van der Waals surface area contributed by atoms with Gasteiger partial charge in [-0.3, -0.25) is 0 Å². The van der Waals surface area contributed by atoms with Gasteiger partial charge in [-0.05, 0) is 12.8 Å². The van der Waals surface area contributed by atoms with Gasteiger partial charge < -0.3 is 19.1 Å². The van der Waals surface area contributed by atoms with Crippen molar-refractivity contribution in [3.63, 3.8) is 0 Å². The molecule has 1 heterocycles. The van der Waals surface area contributed by atoms with Crippen molar-refractivity contribution in [2.45, 2.75) is 33.4 Å². The second-order valence-corrected chi connectivity index (χ2v) is 3.88. The Bertz CT molecular complexity index is 439. The first-order valence-electron chi connectivity index (χ1n) is 4.90. The van der Waals surface area contributed by atoms with Crippen molar-refractivity contribution in [3.8, 4) is 0 Å². The summed E-state index contributed by atoms with van der Waals surface area (Å²) in [6.45, 7) is 6.71. The van der Waals surface area contributed by atoms with Crippen molar-refractivity contribution in [1.82, 2.24) is 9.55 Å². The van der Waals surface area contributed by atoms with Crippen molar-refractivity contribution >= 4 is 12.2 Å². The molecule has 1 aromatic rings. The minimum absolute atomic E-state index is 0. The number of hydrogen-bond acceptors (Lipinski definition) is 3. The maximum Gasteiger partial charge on any atom is 1.00 e. The van der Waals surface area contributed by atoms with Gasteiger partial charge in [0.2, 0.25) is 0 Å². The van der Waals surface area contributed by atoms with Gasteiger partial charge in [0.05, 0.1) is 4.77 Å². The average Bonchev–Trinajstić information content (AvgIpc) is 2.16. The van der Waals surface area contributed by atoms with E-state index in [1.54, 1.807) is 4.57 Å². The van der Waals surface area contributed by atoms with Crippen LogP contribution in [0.3, 0.4) is 0 Å². The first kappa shape index (κ1) is 15.7. The number of aromatic amines is 1. The van der Waals surface area contributed by atoms with Crippen LogP contribution in [0.4, 0.5) is 0 Å². The molecule has 6 heteroatoms. The Balaban J connectivity index is 0.00000225. The summed E-state index contributed by atoms with van der Waals surface area (Å²) in [5.41, 5.74) is 0.436. The minimum Gasteiger partial charge on any atom is -0.412 e. The fourth-order valence-electron chi connectivity index (χ4n) is 1.14. The summed E-state index contributed by atoms with van der Waals surface area (Å²) < 4.78 is 7.17. The molecule has 0 unspecified atom stereocenters. The van der Waals surface area contributed by atoms with E-state index >= 15 is 0 Å². The SMILES string of the molecule is CCOCn1[c-]c(C(C)C)c(=O)[nH]c1=S.[Li+]. The Labute approximate surface area is 112 Å². The molecule has 84 valence electrons. The van der Waals surface area contributed by atoms with Gasteiger partial charge in [-0.2, -0.15) is 0 Å². The molecule has 1 aromatic heterocycles. The zero-order valence-corrected chi connectivity index (χ0v) is 11.0. The van der Waals surface area contributed by atoms with Gasteiger partial charge >= 0.3 is 18.9 Å². The van der Waals surface area contributed by atoms with Crippen LogP contribution in [-0.4, -0.2) is 16.2 Å². The Hall–Kier alpha value is -0.343. The molecule has 0 aliphatic heterocycles. The van der Waals surface area contributed by atoms with Crippen LogP contribution in [0.15, 0.2) is 4.79 Å². The third-order valence-corrected chi connectivity index (χ3v) is 2.29. The topological polar surface area (TPSA) is 47.0 Å². The number of nitrogens with zero attached hydrogens (tertiary/aromatic N) is 1. The fraction of sp³-hybridized carbons (Fsp3) is 0.600. The van der Waals surface area contributed by atoms with Crippen molar-refractivity contribution in [1.29, 1.82) is 0 Å². The standard InChI is InChI=1S/C10H15N2O2S.Li/c1-4-14-6-12-5-8(7(2)3)9(13)11-10(12)15;/h7H,4,6H2,1-3H3,(H,11,13,15);/q-1;+1. The molecular formula is C10H15LiN2O2S. The number of ether oxygens (including phenoxy) is 1. The van der Waals surface area contributed by atoms with Gasteiger partial charge in [-0.15, -0.1) is 12.2 Å². The molecule has 1 rings (SSSR count). The smallest absolute Gasteiger partial charge is 0.412 e. The Morgan fingerprint density at radius 1 is 1.56 bits per heavy atom. The molecule has 0 aliphatic carbocycles. The maximum atomic E-state index is 11.5. The van der Waals surface area contributed by atoms with Gasteiger partial charge in [0, 0.05) is 6.61 Å². The molecule has 0 aliphatic rings. The number of hydrogen-bond donors (Lipinski definition) is 1. The quantitative estimate of drug-likeness (QED) is 0.405. The minimum atomic E-state index is -0.164. The van der Waals surface area contributed by atoms with Gasteiger partial charge in [0.1, 0.15) is 12.3 Å². The van der Waals surface area contributed by atoms with Crippen LogP contribution < -0.4 is 24.4 Å². The van der Waals surface area contributed by atoms with E-state index in [0.29, 0.717) is 23.7 Å². The molecule has 0 saturated heterocycles. The Morgan fingerprint density at radius 2 is 2.19 bits per heavy atom. The van der Waals surface area contributed by atoms with Crippen molar-refractivity contribution in [2.75, 3.05) is 6.61 Å². The Kier molecular flexibility index (Phi) is 6.92. The molecule has 16 heavy (non-hydrogen) atoms. The van der Waals surface area contributed by atoms with Crippen LogP contribution in [0, 0.1) is 11.0 Å². The van der Waals surface area contributed by atoms with Gasteiger partial charge in [0.15, 0.2) is 0 Å². The molecule has 0 radical (unpaired) electrons. The van der Waals surface area contributed by atoms with Crippen LogP contribution in [0.1, 0.15) is 32.3 Å². The van der Waals surface area contributed by atoms with E-state index in [-0.39, 0.29) is 30.3 Å². The number of H-pyrrole nitrogens is 1. The average molecular weight is 234 g/mol. The summed E-state index contributed by atoms with van der Waals surface area (Å²) in [6, 6.07) is 0. The third-order valence-electron chi connectivity index (χ3n) is 1.97. The van der Waals surface area contributed by atoms with Crippen LogP contribution >= 0.6 is 12.2 Å². The van der Waals surface area contributed by atoms with E-state index < -0.39 is 0 Å². The van der Waals surface area contributed by atoms with Crippen LogP contribution in [-0.2, 0) is 11.5 Å². The van der Waals surface area contributed by atoms with Crippen molar-refractivity contribution in [2.24, 2.45) is 0 Å². The Morgan fingerprint density at radius 3 is 2.69 bits per heavy atom. The summed E-state index contributed by atoms with van der Waals surface area (Å²) in [5.74, 6) is 0.122. The molecule has 0 spiro atoms. The largest absolute Gasteiger partial charge is 1.00 e. The second kappa shape index (κ2) is 7.08. The predicted molar refractivity (Wildman–Crippen MR) is 60.4 cm³/mol. The summed E-state index contributed by atoms with van der Waals surface area (Å²) in [7, 11) is 0. The molecule has 0 saturated carbocycles. The van der Waals surface area contributed by atoms with E-state index in [1.165, 1.54) is 0 Å². The number of rotatable bonds is 4. The third kappa shape index (κ3) is 3.91. The zero-order chi connectivity index (χ0) is 11.4. The zero-order valence-electron chi connectivity index (χ0n) is 10.2. The van der Waals surface area contributed by atoms with E-state index in [4.69, 9.17) is 17.0 Å². The van der Waals surface area contributed by atoms with E-state index in [0.717, 1.165) is 0 Å². The van der Waals surface area contributed by atoms with E-state index in [9.17, 15) is 4.79 Å². The van der Waals surface area contributed by atoms with Crippen LogP contribution in [0.2, 0.25) is 0 Å². The molecule has 0 amide bonds. The normalized spacial score (nSPS) is 10.2. The molecule has 0 aromatic carbocycles. The van der Waals surface area contributed by atoms with Crippen LogP contribution in [0.5, 0.6) is 0 Å². The van der Waals surface area contributed by atoms with E-state index in [2.05, 4.69) is 11.2 Å².